The number of aromatic amines is 1. The summed E-state index contributed by atoms with van der Waals surface area (Å²) in [5, 5.41) is 10.4. The first-order chi connectivity index (χ1) is 7.06. The first kappa shape index (κ1) is 11.2. The lowest BCUT2D eigenvalue weighted by Gasteiger charge is -1.99. The number of allylic oxidation sites excluding steroid dienone is 1. The highest BCUT2D eigenvalue weighted by Crippen LogP contribution is 1.98. The molecule has 0 aliphatic carbocycles. The molecule has 0 radical (unpaired) electrons. The van der Waals surface area contributed by atoms with Crippen LogP contribution in [0.4, 0.5) is 5.69 Å². The van der Waals surface area contributed by atoms with Crippen molar-refractivity contribution in [2.75, 3.05) is 0 Å². The van der Waals surface area contributed by atoms with E-state index in [-0.39, 0.29) is 6.54 Å². The fourth-order valence-corrected chi connectivity index (χ4v) is 0.997. The molecule has 0 amide bonds. The molecule has 80 valence electrons. The molecule has 0 spiro atoms. The molecule has 0 atom stereocenters. The van der Waals surface area contributed by atoms with E-state index in [9.17, 15) is 19.7 Å². The van der Waals surface area contributed by atoms with E-state index >= 15 is 0 Å². The highest BCUT2D eigenvalue weighted by atomic mass is 35.5. The van der Waals surface area contributed by atoms with Crippen LogP contribution < -0.4 is 11.2 Å². The van der Waals surface area contributed by atoms with Crippen molar-refractivity contribution in [2.45, 2.75) is 6.54 Å². The van der Waals surface area contributed by atoms with E-state index in [0.717, 1.165) is 10.8 Å². The topological polar surface area (TPSA) is 98.0 Å². The van der Waals surface area contributed by atoms with Crippen molar-refractivity contribution in [1.29, 1.82) is 0 Å². The Kier molecular flexibility index (Phi) is 3.40. The van der Waals surface area contributed by atoms with Crippen LogP contribution in [0.3, 0.4) is 0 Å². The predicted molar refractivity (Wildman–Crippen MR) is 53.0 cm³/mol. The zero-order valence-electron chi connectivity index (χ0n) is 7.34. The van der Waals surface area contributed by atoms with Crippen LogP contribution in [0.15, 0.2) is 27.4 Å². The summed E-state index contributed by atoms with van der Waals surface area (Å²) in [5.74, 6) is 0. The third-order valence-electron chi connectivity index (χ3n) is 1.58. The van der Waals surface area contributed by atoms with E-state index in [4.69, 9.17) is 11.6 Å². The molecular formula is C7H6ClN3O4. The summed E-state index contributed by atoms with van der Waals surface area (Å²) in [4.78, 5) is 33.4. The zero-order valence-corrected chi connectivity index (χ0v) is 8.10. The van der Waals surface area contributed by atoms with E-state index in [1.54, 1.807) is 0 Å². The zero-order chi connectivity index (χ0) is 11.4. The maximum absolute atomic E-state index is 11.1. The van der Waals surface area contributed by atoms with E-state index < -0.39 is 21.9 Å². The van der Waals surface area contributed by atoms with Gasteiger partial charge in [0.2, 0.25) is 0 Å². The van der Waals surface area contributed by atoms with E-state index in [0.29, 0.717) is 0 Å². The van der Waals surface area contributed by atoms with Crippen LogP contribution in [0.25, 0.3) is 0 Å². The fourth-order valence-electron chi connectivity index (χ4n) is 0.917. The van der Waals surface area contributed by atoms with Gasteiger partial charge in [0.05, 0.1) is 11.1 Å². The Bertz CT molecular complexity index is 516. The average Bonchev–Trinajstić information content (AvgIpc) is 2.16. The molecular weight excluding hydrogens is 226 g/mol. The molecule has 0 aliphatic rings. The molecule has 0 aliphatic heterocycles. The van der Waals surface area contributed by atoms with Crippen molar-refractivity contribution in [3.05, 3.63) is 48.8 Å². The lowest BCUT2D eigenvalue weighted by atomic mass is 10.5. The smallest absolute Gasteiger partial charge is 0.290 e. The molecule has 1 heterocycles. The maximum Gasteiger partial charge on any atom is 0.350 e. The van der Waals surface area contributed by atoms with Gasteiger partial charge < -0.3 is 0 Å². The number of hydrogen-bond acceptors (Lipinski definition) is 4. The minimum absolute atomic E-state index is 0.0555. The number of nitrogens with zero attached hydrogens (tertiary/aromatic N) is 2. The van der Waals surface area contributed by atoms with Crippen molar-refractivity contribution in [1.82, 2.24) is 9.55 Å². The van der Waals surface area contributed by atoms with Gasteiger partial charge in [-0.1, -0.05) is 17.7 Å². The second-order valence-electron chi connectivity index (χ2n) is 2.54. The van der Waals surface area contributed by atoms with Gasteiger partial charge in [-0.3, -0.25) is 24.5 Å². The van der Waals surface area contributed by atoms with Gasteiger partial charge in [0, 0.05) is 12.1 Å². The molecule has 0 saturated carbocycles. The van der Waals surface area contributed by atoms with Gasteiger partial charge >= 0.3 is 16.9 Å². The van der Waals surface area contributed by atoms with Gasteiger partial charge in [0.25, 0.3) is 0 Å². The van der Waals surface area contributed by atoms with Gasteiger partial charge in [-0.15, -0.1) is 0 Å². The predicted octanol–water partition coefficient (Wildman–Crippen LogP) is 0.197. The molecule has 1 rings (SSSR count). The van der Waals surface area contributed by atoms with Gasteiger partial charge in [0.1, 0.15) is 0 Å². The molecule has 1 aromatic rings. The Morgan fingerprint density at radius 1 is 1.60 bits per heavy atom. The third kappa shape index (κ3) is 2.53. The van der Waals surface area contributed by atoms with E-state index in [1.807, 2.05) is 4.98 Å². The molecule has 0 bridgehead atoms. The summed E-state index contributed by atoms with van der Waals surface area (Å²) in [6.07, 6.45) is 2.28. The Morgan fingerprint density at radius 2 is 2.27 bits per heavy atom. The van der Waals surface area contributed by atoms with Crippen LogP contribution in [0.1, 0.15) is 0 Å². The maximum atomic E-state index is 11.1. The minimum atomic E-state index is -1.02. The highest BCUT2D eigenvalue weighted by molar-refractivity contribution is 6.25. The number of nitro groups is 1. The third-order valence-corrected chi connectivity index (χ3v) is 1.76. The highest BCUT2D eigenvalue weighted by Gasteiger charge is 2.13. The average molecular weight is 232 g/mol. The van der Waals surface area contributed by atoms with Crippen molar-refractivity contribution in [2.24, 2.45) is 0 Å². The Labute approximate surface area is 87.8 Å². The summed E-state index contributed by atoms with van der Waals surface area (Å²) < 4.78 is 0.971. The van der Waals surface area contributed by atoms with E-state index in [1.165, 1.54) is 11.6 Å². The van der Waals surface area contributed by atoms with Gasteiger partial charge in [0.15, 0.2) is 0 Å². The normalized spacial score (nSPS) is 10.7. The van der Waals surface area contributed by atoms with Crippen LogP contribution in [0, 0.1) is 10.1 Å². The lowest BCUT2D eigenvalue weighted by molar-refractivity contribution is -0.386. The van der Waals surface area contributed by atoms with Gasteiger partial charge in [-0.05, 0) is 0 Å². The molecule has 0 saturated heterocycles. The number of rotatable bonds is 3. The van der Waals surface area contributed by atoms with Crippen molar-refractivity contribution in [3.63, 3.8) is 0 Å². The SMILES string of the molecule is O=c1[nH]c(=O)n(CC=CCl)cc1[N+](=O)[O-]. The van der Waals surface area contributed by atoms with Crippen LogP contribution in [0.5, 0.6) is 0 Å². The van der Waals surface area contributed by atoms with Crippen LogP contribution in [-0.2, 0) is 6.54 Å². The molecule has 8 heteroatoms. The first-order valence-corrected chi connectivity index (χ1v) is 4.23. The molecule has 0 fully saturated rings. The van der Waals surface area contributed by atoms with Crippen LogP contribution >= 0.6 is 11.6 Å². The van der Waals surface area contributed by atoms with Gasteiger partial charge in [-0.2, -0.15) is 0 Å². The Hall–Kier alpha value is -1.89. The van der Waals surface area contributed by atoms with Crippen molar-refractivity contribution in [3.8, 4) is 0 Å². The second-order valence-corrected chi connectivity index (χ2v) is 2.80. The number of H-pyrrole nitrogens is 1. The van der Waals surface area contributed by atoms with Crippen LogP contribution in [-0.4, -0.2) is 14.5 Å². The number of aromatic nitrogens is 2. The standard InChI is InChI=1S/C7H6ClN3O4/c8-2-1-3-10-4-5(11(14)15)6(12)9-7(10)13/h1-2,4H,3H2,(H,9,12,13). The monoisotopic (exact) mass is 231 g/mol. The largest absolute Gasteiger partial charge is 0.350 e. The molecule has 15 heavy (non-hydrogen) atoms. The molecule has 7 nitrogen and oxygen atoms in total. The Balaban J connectivity index is 3.30. The summed E-state index contributed by atoms with van der Waals surface area (Å²) in [5.41, 5.74) is -1.25. The molecule has 1 N–H and O–H groups in total. The lowest BCUT2D eigenvalue weighted by Crippen LogP contribution is -2.30. The number of halogens is 1. The second kappa shape index (κ2) is 4.56. The minimum Gasteiger partial charge on any atom is -0.290 e. The van der Waals surface area contributed by atoms with E-state index in [2.05, 4.69) is 0 Å². The van der Waals surface area contributed by atoms with Crippen molar-refractivity contribution >= 4 is 17.3 Å². The van der Waals surface area contributed by atoms with Gasteiger partial charge in [-0.25, -0.2) is 4.79 Å². The number of nitrogens with one attached hydrogen (secondary N) is 1. The summed E-state index contributed by atoms with van der Waals surface area (Å²) in [7, 11) is 0. The summed E-state index contributed by atoms with van der Waals surface area (Å²) in [6.45, 7) is 0.0555. The van der Waals surface area contributed by atoms with Crippen LogP contribution in [0.2, 0.25) is 0 Å². The number of hydrogen-bond donors (Lipinski definition) is 1. The summed E-state index contributed by atoms with van der Waals surface area (Å²) >= 11 is 5.24. The molecule has 1 aromatic heterocycles. The Morgan fingerprint density at radius 3 is 2.80 bits per heavy atom. The quantitative estimate of drug-likeness (QED) is 0.593. The van der Waals surface area contributed by atoms with Crippen molar-refractivity contribution < 1.29 is 4.92 Å². The molecule has 0 aromatic carbocycles. The fraction of sp³-hybridized carbons (Fsp3) is 0.143. The molecule has 0 unspecified atom stereocenters. The first-order valence-electron chi connectivity index (χ1n) is 3.79. The summed E-state index contributed by atoms with van der Waals surface area (Å²) in [6, 6.07) is 0.